The first-order valence-corrected chi connectivity index (χ1v) is 17.8. The zero-order chi connectivity index (χ0) is 30.8. The zero-order valence-corrected chi connectivity index (χ0v) is 29.4. The van der Waals surface area contributed by atoms with E-state index in [2.05, 4.69) is 151 Å². The summed E-state index contributed by atoms with van der Waals surface area (Å²) in [7, 11) is -2.28. The summed E-state index contributed by atoms with van der Waals surface area (Å²) < 4.78 is 0. The summed E-state index contributed by atoms with van der Waals surface area (Å²) in [6, 6.07) is 62.5. The topological polar surface area (TPSA) is 50.2 Å². The summed E-state index contributed by atoms with van der Waals surface area (Å²) in [5, 5.41) is 19.1. The molecule has 227 valence electrons. The van der Waals surface area contributed by atoms with E-state index in [1.807, 2.05) is 12.1 Å². The van der Waals surface area contributed by atoms with E-state index in [0.717, 1.165) is 5.39 Å². The number of pyridine rings is 1. The number of aromatic carboxylic acids is 1. The van der Waals surface area contributed by atoms with Gasteiger partial charge in [0.2, 0.25) is 0 Å². The van der Waals surface area contributed by atoms with E-state index < -0.39 is 21.8 Å². The fraction of sp³-hybridized carbons (Fsp3) is 0. The number of rotatable bonds is 7. The van der Waals surface area contributed by atoms with Crippen molar-refractivity contribution in [2.75, 3.05) is 0 Å². The van der Waals surface area contributed by atoms with E-state index in [4.69, 9.17) is 5.11 Å². The maximum absolute atomic E-state index is 10.8. The third-order valence-electron chi connectivity index (χ3n) is 7.59. The van der Waals surface area contributed by atoms with Crippen LogP contribution in [-0.4, -0.2) is 16.1 Å². The number of carboxylic acids is 1. The molecule has 0 saturated heterocycles. The van der Waals surface area contributed by atoms with Crippen LogP contribution in [0, 0.1) is 0 Å². The monoisotopic (exact) mass is 814 g/mol. The third kappa shape index (κ3) is 7.73. The second-order valence-electron chi connectivity index (χ2n) is 10.4. The number of hydrogen-bond acceptors (Lipinski definition) is 2. The van der Waals surface area contributed by atoms with Crippen molar-refractivity contribution in [3.8, 4) is 0 Å². The molecule has 0 fully saturated rings. The third-order valence-corrected chi connectivity index (χ3v) is 13.4. The molecule has 0 unspecified atom stereocenters. The van der Waals surface area contributed by atoms with Crippen molar-refractivity contribution >= 4 is 64.4 Å². The number of carbonyl (C=O) groups is 1. The molecule has 1 heterocycles. The number of nitrogens with zero attached hydrogens (tertiary/aromatic N) is 1. The average molecular weight is 814 g/mol. The van der Waals surface area contributed by atoms with Gasteiger partial charge in [-0.2, -0.15) is 0 Å². The maximum Gasteiger partial charge on any atom is 0.355 e. The van der Waals surface area contributed by atoms with Gasteiger partial charge in [-0.25, -0.2) is 9.78 Å². The molecule has 3 nitrogen and oxygen atoms in total. The van der Waals surface area contributed by atoms with Crippen LogP contribution in [0.1, 0.15) is 10.5 Å². The average Bonchev–Trinajstić information content (AvgIpc) is 3.11. The van der Waals surface area contributed by atoms with E-state index in [-0.39, 0.29) is 25.8 Å². The molecule has 0 spiro atoms. The minimum Gasteiger partial charge on any atom is -0.476 e. The SMILES string of the molecule is O=C(O)c1nccc2ccccc12.[Ir].c1ccc([PH+](c2ccccc2)c2ccccc2[PH+](c2ccccc2)c2ccccc2)cc1. The smallest absolute Gasteiger partial charge is 0.355 e. The van der Waals surface area contributed by atoms with Gasteiger partial charge in [0.1, 0.15) is 47.7 Å². The molecule has 0 amide bonds. The van der Waals surface area contributed by atoms with Gasteiger partial charge in [0, 0.05) is 31.7 Å². The van der Waals surface area contributed by atoms with E-state index >= 15 is 0 Å². The second kappa shape index (κ2) is 16.3. The van der Waals surface area contributed by atoms with E-state index in [9.17, 15) is 4.79 Å². The predicted octanol–water partition coefficient (Wildman–Crippen LogP) is 6.60. The van der Waals surface area contributed by atoms with Crippen LogP contribution in [0.15, 0.2) is 182 Å². The van der Waals surface area contributed by atoms with Gasteiger partial charge in [-0.3, -0.25) is 0 Å². The molecule has 0 saturated carbocycles. The van der Waals surface area contributed by atoms with Crippen molar-refractivity contribution in [3.63, 3.8) is 0 Å². The van der Waals surface area contributed by atoms with E-state index in [0.29, 0.717) is 5.39 Å². The van der Waals surface area contributed by atoms with Crippen molar-refractivity contribution < 1.29 is 30.0 Å². The molecule has 6 aromatic carbocycles. The van der Waals surface area contributed by atoms with Gasteiger partial charge in [-0.1, -0.05) is 109 Å². The van der Waals surface area contributed by atoms with Crippen molar-refractivity contribution in [2.24, 2.45) is 0 Å². The molecular weight excluding hydrogens is 781 g/mol. The Kier molecular flexibility index (Phi) is 11.7. The molecule has 1 N–H and O–H groups in total. The molecule has 1 radical (unpaired) electrons. The van der Waals surface area contributed by atoms with E-state index in [1.54, 1.807) is 18.2 Å². The maximum atomic E-state index is 10.8. The van der Waals surface area contributed by atoms with Crippen molar-refractivity contribution in [1.82, 2.24) is 4.98 Å². The number of aromatic nitrogens is 1. The van der Waals surface area contributed by atoms with Gasteiger partial charge in [-0.15, -0.1) is 0 Å². The number of fused-ring (bicyclic) bond motifs is 1. The summed E-state index contributed by atoms with van der Waals surface area (Å²) in [6.07, 6.45) is 1.51. The summed E-state index contributed by atoms with van der Waals surface area (Å²) >= 11 is 0. The number of benzene rings is 6. The van der Waals surface area contributed by atoms with Crippen LogP contribution in [0.2, 0.25) is 0 Å². The summed E-state index contributed by atoms with van der Waals surface area (Å²) in [4.78, 5) is 14.6. The van der Waals surface area contributed by atoms with Crippen LogP contribution in [-0.2, 0) is 20.1 Å². The van der Waals surface area contributed by atoms with E-state index in [1.165, 1.54) is 38.0 Å². The normalized spacial score (nSPS) is 10.6. The molecule has 7 rings (SSSR count). The van der Waals surface area contributed by atoms with Gasteiger partial charge in [-0.05, 0) is 72.1 Å². The van der Waals surface area contributed by atoms with Crippen LogP contribution in [0.3, 0.4) is 0 Å². The van der Waals surface area contributed by atoms with Crippen LogP contribution in [0.25, 0.3) is 10.8 Å². The molecule has 1 aromatic heterocycles. The number of carboxylic acid groups (broad SMARTS) is 1. The first kappa shape index (κ1) is 33.1. The van der Waals surface area contributed by atoms with Crippen molar-refractivity contribution in [2.45, 2.75) is 0 Å². The molecule has 46 heavy (non-hydrogen) atoms. The summed E-state index contributed by atoms with van der Waals surface area (Å²) in [5.41, 5.74) is 0.109. The summed E-state index contributed by atoms with van der Waals surface area (Å²) in [6.45, 7) is 0. The molecule has 0 atom stereocenters. The van der Waals surface area contributed by atoms with Gasteiger partial charge in [0.25, 0.3) is 0 Å². The molecular formula is C40H33IrNO2P2+2. The largest absolute Gasteiger partial charge is 0.476 e. The first-order chi connectivity index (χ1) is 22.2. The standard InChI is InChI=1S/C30H24P2.C10H7NO2.Ir/c1-5-15-25(16-6-1)31(26-17-7-2-8-18-26)29-23-13-14-24-30(29)32(27-19-9-3-10-20-27)28-21-11-4-12-22-28;12-10(13)9-8-4-2-1-3-7(8)5-6-11-9;/h1-24H;1-6H,(H,12,13);/p+2. The van der Waals surface area contributed by atoms with Crippen LogP contribution in [0.5, 0.6) is 0 Å². The van der Waals surface area contributed by atoms with Crippen LogP contribution >= 0.6 is 15.8 Å². The van der Waals surface area contributed by atoms with Gasteiger partial charge < -0.3 is 5.11 Å². The van der Waals surface area contributed by atoms with Crippen molar-refractivity contribution in [3.05, 3.63) is 188 Å². The van der Waals surface area contributed by atoms with Crippen molar-refractivity contribution in [1.29, 1.82) is 0 Å². The van der Waals surface area contributed by atoms with Gasteiger partial charge >= 0.3 is 5.97 Å². The Bertz CT molecular complexity index is 1810. The quantitative estimate of drug-likeness (QED) is 0.185. The fourth-order valence-electron chi connectivity index (χ4n) is 5.58. The Labute approximate surface area is 285 Å². The predicted molar refractivity (Wildman–Crippen MR) is 195 cm³/mol. The van der Waals surface area contributed by atoms with Crippen LogP contribution in [0.4, 0.5) is 0 Å². The molecule has 0 aliphatic rings. The Morgan fingerprint density at radius 2 is 0.804 bits per heavy atom. The molecule has 0 aliphatic carbocycles. The second-order valence-corrected chi connectivity index (χ2v) is 15.3. The number of hydrogen-bond donors (Lipinski definition) is 1. The zero-order valence-electron chi connectivity index (χ0n) is 25.0. The molecule has 0 bridgehead atoms. The minimum absolute atomic E-state index is 0. The molecule has 6 heteroatoms. The Morgan fingerprint density at radius 1 is 0.457 bits per heavy atom. The summed E-state index contributed by atoms with van der Waals surface area (Å²) in [5.74, 6) is -0.989. The van der Waals surface area contributed by atoms with Gasteiger partial charge in [0.05, 0.1) is 0 Å². The van der Waals surface area contributed by atoms with Crippen LogP contribution < -0.4 is 31.8 Å². The first-order valence-electron chi connectivity index (χ1n) is 14.8. The fourth-order valence-corrected chi connectivity index (χ4v) is 11.6. The molecule has 0 aliphatic heterocycles. The minimum atomic E-state index is -1.14. The van der Waals surface area contributed by atoms with Gasteiger partial charge in [0.15, 0.2) is 5.69 Å². The molecule has 7 aromatic rings. The Hall–Kier alpha value is -4.29. The Morgan fingerprint density at radius 3 is 1.20 bits per heavy atom. The Balaban J connectivity index is 0.000000250.